The molecule has 0 fully saturated rings. The van der Waals surface area contributed by atoms with Gasteiger partial charge in [0.15, 0.2) is 0 Å². The third kappa shape index (κ3) is 6.04. The number of halogens is 2. The van der Waals surface area contributed by atoms with Crippen molar-refractivity contribution in [2.24, 2.45) is 5.73 Å². The van der Waals surface area contributed by atoms with Crippen LogP contribution in [0.2, 0.25) is 10.0 Å². The van der Waals surface area contributed by atoms with E-state index in [2.05, 4.69) is 5.32 Å². The van der Waals surface area contributed by atoms with Gasteiger partial charge in [0.1, 0.15) is 0 Å². The summed E-state index contributed by atoms with van der Waals surface area (Å²) in [4.78, 5) is 24.2. The predicted molar refractivity (Wildman–Crippen MR) is 132 cm³/mol. The number of amides is 2. The predicted octanol–water partition coefficient (Wildman–Crippen LogP) is 4.62. The van der Waals surface area contributed by atoms with Crippen LogP contribution >= 0.6 is 23.2 Å². The highest BCUT2D eigenvalue weighted by molar-refractivity contribution is 7.92. The maximum Gasteiger partial charge on any atom is 0.255 e. The van der Waals surface area contributed by atoms with Gasteiger partial charge in [0.05, 0.1) is 18.5 Å². The Morgan fingerprint density at radius 2 is 1.61 bits per heavy atom. The minimum absolute atomic E-state index is 0.0250. The number of nitrogens with two attached hydrogens (primary N) is 1. The number of anilines is 2. The quantitative estimate of drug-likeness (QED) is 0.487. The van der Waals surface area contributed by atoms with Crippen LogP contribution in [0.15, 0.2) is 60.7 Å². The fourth-order valence-corrected chi connectivity index (χ4v) is 4.63. The Labute approximate surface area is 202 Å². The molecule has 33 heavy (non-hydrogen) atoms. The van der Waals surface area contributed by atoms with E-state index < -0.39 is 15.9 Å². The SMILES string of the molecule is Cc1c(NC(=O)c2ccc(CN(c3cc(Cl)cc(Cl)c3)S(C)(=O)=O)cc2)cccc1C(N)=O. The lowest BCUT2D eigenvalue weighted by atomic mass is 10.1. The molecule has 10 heteroatoms. The fraction of sp³-hybridized carbons (Fsp3) is 0.130. The molecule has 0 spiro atoms. The monoisotopic (exact) mass is 505 g/mol. The highest BCUT2D eigenvalue weighted by Crippen LogP contribution is 2.28. The number of carbonyl (C=O) groups is 2. The van der Waals surface area contributed by atoms with Crippen molar-refractivity contribution < 1.29 is 18.0 Å². The molecule has 0 atom stereocenters. The lowest BCUT2D eigenvalue weighted by Crippen LogP contribution is -2.29. The van der Waals surface area contributed by atoms with Gasteiger partial charge in [0.2, 0.25) is 15.9 Å². The van der Waals surface area contributed by atoms with Crippen molar-refractivity contribution in [3.63, 3.8) is 0 Å². The van der Waals surface area contributed by atoms with Crippen LogP contribution in [0.5, 0.6) is 0 Å². The molecule has 3 aromatic rings. The van der Waals surface area contributed by atoms with Crippen LogP contribution in [-0.2, 0) is 16.6 Å². The molecule has 7 nitrogen and oxygen atoms in total. The van der Waals surface area contributed by atoms with E-state index in [1.165, 1.54) is 22.5 Å². The number of carbonyl (C=O) groups excluding carboxylic acids is 2. The number of nitrogens with one attached hydrogen (secondary N) is 1. The molecule has 3 aromatic carbocycles. The molecule has 0 saturated heterocycles. The van der Waals surface area contributed by atoms with Gasteiger partial charge in [-0.1, -0.05) is 41.4 Å². The van der Waals surface area contributed by atoms with E-state index in [1.807, 2.05) is 0 Å². The largest absolute Gasteiger partial charge is 0.366 e. The Bertz CT molecular complexity index is 1310. The summed E-state index contributed by atoms with van der Waals surface area (Å²) in [6, 6.07) is 15.9. The Hall–Kier alpha value is -3.07. The van der Waals surface area contributed by atoms with Gasteiger partial charge in [0.25, 0.3) is 5.91 Å². The molecule has 0 aromatic heterocycles. The van der Waals surface area contributed by atoms with Crippen molar-refractivity contribution in [2.75, 3.05) is 15.9 Å². The maximum absolute atomic E-state index is 12.7. The molecule has 0 aliphatic rings. The third-order valence-electron chi connectivity index (χ3n) is 4.93. The minimum atomic E-state index is -3.63. The van der Waals surface area contributed by atoms with Crippen LogP contribution < -0.4 is 15.4 Å². The molecule has 0 bridgehead atoms. The summed E-state index contributed by atoms with van der Waals surface area (Å²) in [5.41, 5.74) is 8.07. The molecule has 3 N–H and O–H groups in total. The van der Waals surface area contributed by atoms with Crippen LogP contribution in [-0.4, -0.2) is 26.5 Å². The van der Waals surface area contributed by atoms with Crippen LogP contribution in [0.25, 0.3) is 0 Å². The molecule has 0 heterocycles. The fourth-order valence-electron chi connectivity index (χ4n) is 3.24. The zero-order valence-electron chi connectivity index (χ0n) is 17.8. The van der Waals surface area contributed by atoms with Gasteiger partial charge in [-0.3, -0.25) is 13.9 Å². The molecule has 172 valence electrons. The van der Waals surface area contributed by atoms with E-state index in [0.717, 1.165) is 6.26 Å². The van der Waals surface area contributed by atoms with Crippen LogP contribution in [0.3, 0.4) is 0 Å². The smallest absolute Gasteiger partial charge is 0.255 e. The summed E-state index contributed by atoms with van der Waals surface area (Å²) in [7, 11) is -3.63. The Morgan fingerprint density at radius 3 is 2.15 bits per heavy atom. The molecule has 0 unspecified atom stereocenters. The summed E-state index contributed by atoms with van der Waals surface area (Å²) in [5, 5.41) is 3.39. The number of hydrogen-bond acceptors (Lipinski definition) is 4. The average Bonchev–Trinajstić information content (AvgIpc) is 2.72. The molecule has 0 radical (unpaired) electrons. The summed E-state index contributed by atoms with van der Waals surface area (Å²) in [5.74, 6) is -0.961. The first kappa shape index (κ1) is 24.6. The van der Waals surface area contributed by atoms with E-state index in [1.54, 1.807) is 49.4 Å². The second kappa shape index (κ2) is 9.82. The first-order chi connectivity index (χ1) is 15.5. The van der Waals surface area contributed by atoms with Crippen molar-refractivity contribution in [1.82, 2.24) is 0 Å². The number of sulfonamides is 1. The lowest BCUT2D eigenvalue weighted by molar-refractivity contribution is 0.0995. The summed E-state index contributed by atoms with van der Waals surface area (Å²) >= 11 is 12.1. The van der Waals surface area contributed by atoms with Crippen LogP contribution in [0, 0.1) is 6.92 Å². The standard InChI is InChI=1S/C23H21Cl2N3O4S/c1-14-20(22(26)29)4-3-5-21(14)27-23(30)16-8-6-15(7-9-16)13-28(33(2,31)32)19-11-17(24)10-18(25)12-19/h3-12H,13H2,1-2H3,(H2,26,29)(H,27,30). The summed E-state index contributed by atoms with van der Waals surface area (Å²) in [6.45, 7) is 1.72. The van der Waals surface area contributed by atoms with E-state index in [4.69, 9.17) is 28.9 Å². The van der Waals surface area contributed by atoms with Crippen LogP contribution in [0.1, 0.15) is 31.8 Å². The van der Waals surface area contributed by atoms with Gasteiger partial charge in [-0.25, -0.2) is 8.42 Å². The Balaban J connectivity index is 1.81. The van der Waals surface area contributed by atoms with Gasteiger partial charge in [-0.2, -0.15) is 0 Å². The second-order valence-corrected chi connectivity index (χ2v) is 10.2. The zero-order chi connectivity index (χ0) is 24.3. The van der Waals surface area contributed by atoms with Crippen molar-refractivity contribution in [2.45, 2.75) is 13.5 Å². The second-order valence-electron chi connectivity index (χ2n) is 7.39. The number of hydrogen-bond donors (Lipinski definition) is 2. The van der Waals surface area contributed by atoms with E-state index in [-0.39, 0.29) is 12.5 Å². The molecule has 2 amide bonds. The highest BCUT2D eigenvalue weighted by Gasteiger charge is 2.19. The van der Waals surface area contributed by atoms with Gasteiger partial charge in [-0.05, 0) is 60.5 Å². The first-order valence-electron chi connectivity index (χ1n) is 9.69. The highest BCUT2D eigenvalue weighted by atomic mass is 35.5. The molecule has 0 aliphatic carbocycles. The number of rotatable bonds is 7. The van der Waals surface area contributed by atoms with E-state index >= 15 is 0 Å². The van der Waals surface area contributed by atoms with Gasteiger partial charge >= 0.3 is 0 Å². The van der Waals surface area contributed by atoms with Gasteiger partial charge < -0.3 is 11.1 Å². The molecular weight excluding hydrogens is 485 g/mol. The number of benzene rings is 3. The normalized spacial score (nSPS) is 11.2. The topological polar surface area (TPSA) is 110 Å². The first-order valence-corrected chi connectivity index (χ1v) is 12.3. The Morgan fingerprint density at radius 1 is 1.00 bits per heavy atom. The maximum atomic E-state index is 12.7. The average molecular weight is 506 g/mol. The van der Waals surface area contributed by atoms with E-state index in [9.17, 15) is 18.0 Å². The molecule has 3 rings (SSSR count). The Kier molecular flexibility index (Phi) is 7.31. The third-order valence-corrected chi connectivity index (χ3v) is 6.50. The van der Waals surface area contributed by atoms with Crippen LogP contribution in [0.4, 0.5) is 11.4 Å². The molecular formula is C23H21Cl2N3O4S. The summed E-state index contributed by atoms with van der Waals surface area (Å²) < 4.78 is 26.0. The number of primary amides is 1. The van der Waals surface area contributed by atoms with Gasteiger partial charge in [0, 0.05) is 26.9 Å². The minimum Gasteiger partial charge on any atom is -0.366 e. The zero-order valence-corrected chi connectivity index (χ0v) is 20.1. The van der Waals surface area contributed by atoms with Crippen molar-refractivity contribution >= 4 is 56.4 Å². The van der Waals surface area contributed by atoms with Crippen molar-refractivity contribution in [3.8, 4) is 0 Å². The van der Waals surface area contributed by atoms with E-state index in [0.29, 0.717) is 43.7 Å². The number of nitrogens with zero attached hydrogens (tertiary/aromatic N) is 1. The molecule has 0 aliphatic heterocycles. The summed E-state index contributed by atoms with van der Waals surface area (Å²) in [6.07, 6.45) is 1.09. The van der Waals surface area contributed by atoms with Crippen molar-refractivity contribution in [1.29, 1.82) is 0 Å². The lowest BCUT2D eigenvalue weighted by Gasteiger charge is -2.23. The van der Waals surface area contributed by atoms with Gasteiger partial charge in [-0.15, -0.1) is 0 Å². The molecule has 0 saturated carbocycles. The van der Waals surface area contributed by atoms with Crippen molar-refractivity contribution in [3.05, 3.63) is 93.0 Å².